The van der Waals surface area contributed by atoms with Gasteiger partial charge in [0.05, 0.1) is 21.8 Å². The van der Waals surface area contributed by atoms with Gasteiger partial charge in [0.2, 0.25) is 21.9 Å². The maximum Gasteiger partial charge on any atom is 0.239 e. The molecule has 1 aliphatic heterocycles. The van der Waals surface area contributed by atoms with Gasteiger partial charge in [-0.05, 0) is 30.7 Å². The van der Waals surface area contributed by atoms with Crippen molar-refractivity contribution in [2.24, 2.45) is 10.7 Å². The summed E-state index contributed by atoms with van der Waals surface area (Å²) in [5.74, 6) is 0.272. The minimum absolute atomic E-state index is 0.0503. The van der Waals surface area contributed by atoms with E-state index in [0.717, 1.165) is 20.3 Å². The zero-order valence-electron chi connectivity index (χ0n) is 15.1. The zero-order valence-corrected chi connectivity index (χ0v) is 17.5. The van der Waals surface area contributed by atoms with Gasteiger partial charge in [0.25, 0.3) is 0 Å². The first-order chi connectivity index (χ1) is 13.2. The smallest absolute Gasteiger partial charge is 0.239 e. The van der Waals surface area contributed by atoms with Gasteiger partial charge in [-0.25, -0.2) is 22.7 Å². The number of aliphatic imine (C=N–C) groups is 1. The number of benzene rings is 1. The molecule has 1 aromatic carbocycles. The second kappa shape index (κ2) is 6.61. The van der Waals surface area contributed by atoms with Crippen LogP contribution < -0.4 is 5.73 Å². The summed E-state index contributed by atoms with van der Waals surface area (Å²) in [7, 11) is -2.18. The van der Waals surface area contributed by atoms with Crippen LogP contribution in [-0.2, 0) is 15.6 Å². The average molecular weight is 437 g/mol. The zero-order chi connectivity index (χ0) is 20.1. The molecule has 0 saturated heterocycles. The van der Waals surface area contributed by atoms with Crippen molar-refractivity contribution in [1.82, 2.24) is 9.29 Å². The molecule has 0 saturated carbocycles. The quantitative estimate of drug-likeness (QED) is 0.676. The third-order valence-electron chi connectivity index (χ3n) is 4.57. The average Bonchev–Trinajstić information content (AvgIpc) is 3.29. The highest BCUT2D eigenvalue weighted by atomic mass is 35.5. The lowest BCUT2D eigenvalue weighted by Gasteiger charge is -2.33. The molecule has 2 aromatic heterocycles. The summed E-state index contributed by atoms with van der Waals surface area (Å²) in [6.45, 7) is 1.73. The van der Waals surface area contributed by atoms with E-state index in [-0.39, 0.29) is 11.7 Å². The Labute approximate surface area is 171 Å². The van der Waals surface area contributed by atoms with Crippen molar-refractivity contribution in [3.05, 3.63) is 52.7 Å². The highest BCUT2D eigenvalue weighted by Gasteiger charge is 2.42. The Kier molecular flexibility index (Phi) is 4.48. The Balaban J connectivity index is 1.77. The SMILES string of the molecule is CN1C(N)=NC(C)(c2sc(-c3cccc(-c4ncco4)c3)cc2Cl)CS1(=O)=O. The first-order valence-corrected chi connectivity index (χ1v) is 11.1. The number of sulfonamides is 1. The van der Waals surface area contributed by atoms with Crippen molar-refractivity contribution >= 4 is 38.9 Å². The predicted octanol–water partition coefficient (Wildman–Crippen LogP) is 3.53. The van der Waals surface area contributed by atoms with Crippen LogP contribution in [0.25, 0.3) is 21.9 Å². The van der Waals surface area contributed by atoms with Crippen LogP contribution in [0.1, 0.15) is 11.8 Å². The van der Waals surface area contributed by atoms with E-state index < -0.39 is 15.6 Å². The minimum Gasteiger partial charge on any atom is -0.445 e. The van der Waals surface area contributed by atoms with Crippen LogP contribution in [-0.4, -0.2) is 36.5 Å². The maximum atomic E-state index is 12.5. The van der Waals surface area contributed by atoms with E-state index >= 15 is 0 Å². The molecule has 1 aliphatic rings. The number of halogens is 1. The number of guanidine groups is 1. The molecule has 1 atom stereocenters. The molecule has 0 fully saturated rings. The molecule has 0 radical (unpaired) electrons. The largest absolute Gasteiger partial charge is 0.445 e. The molecule has 0 amide bonds. The van der Waals surface area contributed by atoms with E-state index in [1.807, 2.05) is 30.3 Å². The second-order valence-electron chi connectivity index (χ2n) is 6.67. The van der Waals surface area contributed by atoms with E-state index in [1.54, 1.807) is 13.1 Å². The van der Waals surface area contributed by atoms with Gasteiger partial charge in [0.1, 0.15) is 11.8 Å². The van der Waals surface area contributed by atoms with E-state index in [0.29, 0.717) is 15.8 Å². The molecule has 10 heteroatoms. The number of aromatic nitrogens is 1. The van der Waals surface area contributed by atoms with Gasteiger partial charge in [-0.2, -0.15) is 0 Å². The Hall–Kier alpha value is -2.36. The van der Waals surface area contributed by atoms with Crippen LogP contribution in [0.2, 0.25) is 5.02 Å². The van der Waals surface area contributed by atoms with Crippen LogP contribution >= 0.6 is 22.9 Å². The summed E-state index contributed by atoms with van der Waals surface area (Å²) in [6, 6.07) is 9.52. The molecule has 2 N–H and O–H groups in total. The Morgan fingerprint density at radius 2 is 2.07 bits per heavy atom. The van der Waals surface area contributed by atoms with Gasteiger partial charge in [-0.3, -0.25) is 0 Å². The van der Waals surface area contributed by atoms with E-state index in [9.17, 15) is 8.42 Å². The molecule has 7 nitrogen and oxygen atoms in total. The molecule has 0 bridgehead atoms. The first-order valence-electron chi connectivity index (χ1n) is 8.32. The van der Waals surface area contributed by atoms with E-state index in [4.69, 9.17) is 21.8 Å². The monoisotopic (exact) mass is 436 g/mol. The highest BCUT2D eigenvalue weighted by Crippen LogP contribution is 2.44. The number of thiophene rings is 1. The summed E-state index contributed by atoms with van der Waals surface area (Å²) in [5.41, 5.74) is 6.56. The third-order valence-corrected chi connectivity index (χ3v) is 8.36. The second-order valence-corrected chi connectivity index (χ2v) is 10.1. The molecular weight excluding hydrogens is 420 g/mol. The summed E-state index contributed by atoms with van der Waals surface area (Å²) in [4.78, 5) is 10.1. The molecule has 146 valence electrons. The number of hydrogen-bond acceptors (Lipinski definition) is 7. The number of nitrogens with zero attached hydrogens (tertiary/aromatic N) is 3. The van der Waals surface area contributed by atoms with Crippen molar-refractivity contribution in [1.29, 1.82) is 0 Å². The Morgan fingerprint density at radius 1 is 1.32 bits per heavy atom. The molecule has 0 aliphatic carbocycles. The summed E-state index contributed by atoms with van der Waals surface area (Å²) in [6.07, 6.45) is 3.11. The van der Waals surface area contributed by atoms with Crippen molar-refractivity contribution in [2.75, 3.05) is 12.8 Å². The predicted molar refractivity (Wildman–Crippen MR) is 111 cm³/mol. The number of oxazole rings is 1. The number of nitrogens with two attached hydrogens (primary N) is 1. The van der Waals surface area contributed by atoms with Gasteiger partial charge in [0, 0.05) is 17.5 Å². The topological polar surface area (TPSA) is 102 Å². The lowest BCUT2D eigenvalue weighted by molar-refractivity contribution is 0.482. The maximum absolute atomic E-state index is 12.5. The van der Waals surface area contributed by atoms with Gasteiger partial charge in [-0.15, -0.1) is 11.3 Å². The van der Waals surface area contributed by atoms with E-state index in [2.05, 4.69) is 9.98 Å². The standard InChI is InChI=1S/C18H17ClN4O3S2/c1-18(10-28(24,25)23(2)17(20)22-18)15-13(19)9-14(27-15)11-4-3-5-12(8-11)16-21-6-7-26-16/h3-9H,10H2,1-2H3,(H2,20,22). The van der Waals surface area contributed by atoms with Gasteiger partial charge < -0.3 is 10.2 Å². The fraction of sp³-hybridized carbons (Fsp3) is 0.222. The fourth-order valence-electron chi connectivity index (χ4n) is 3.12. The number of rotatable bonds is 3. The third kappa shape index (κ3) is 3.19. The molecule has 1 unspecified atom stereocenters. The van der Waals surface area contributed by atoms with Crippen LogP contribution in [0.15, 0.2) is 52.2 Å². The van der Waals surface area contributed by atoms with Crippen molar-refractivity contribution in [3.63, 3.8) is 0 Å². The lowest BCUT2D eigenvalue weighted by atomic mass is 10.0. The van der Waals surface area contributed by atoms with Crippen LogP contribution in [0.4, 0.5) is 0 Å². The molecule has 3 heterocycles. The molecule has 28 heavy (non-hydrogen) atoms. The van der Waals surface area contributed by atoms with Crippen molar-refractivity contribution in [2.45, 2.75) is 12.5 Å². The Morgan fingerprint density at radius 3 is 2.75 bits per heavy atom. The van der Waals surface area contributed by atoms with Crippen molar-refractivity contribution in [3.8, 4) is 21.9 Å². The van der Waals surface area contributed by atoms with Crippen LogP contribution in [0, 0.1) is 0 Å². The highest BCUT2D eigenvalue weighted by molar-refractivity contribution is 7.89. The fourth-order valence-corrected chi connectivity index (χ4v) is 6.27. The molecule has 0 spiro atoms. The molecule has 4 rings (SSSR count). The normalized spacial score (nSPS) is 21.5. The summed E-state index contributed by atoms with van der Waals surface area (Å²) in [5, 5.41) is 0.459. The minimum atomic E-state index is -3.57. The Bertz CT molecular complexity index is 1170. The first kappa shape index (κ1) is 19.0. The number of hydrogen-bond donors (Lipinski definition) is 1. The molecule has 3 aromatic rings. The summed E-state index contributed by atoms with van der Waals surface area (Å²) < 4.78 is 31.3. The van der Waals surface area contributed by atoms with Crippen LogP contribution in [0.5, 0.6) is 0 Å². The van der Waals surface area contributed by atoms with Gasteiger partial charge in [0.15, 0.2) is 0 Å². The van der Waals surface area contributed by atoms with Crippen molar-refractivity contribution < 1.29 is 12.8 Å². The van der Waals surface area contributed by atoms with Crippen LogP contribution in [0.3, 0.4) is 0 Å². The lowest BCUT2D eigenvalue weighted by Crippen LogP contribution is -2.50. The molecular formula is C18H17ClN4O3S2. The van der Waals surface area contributed by atoms with E-state index in [1.165, 1.54) is 24.6 Å². The summed E-state index contributed by atoms with van der Waals surface area (Å²) >= 11 is 7.89. The van der Waals surface area contributed by atoms with Gasteiger partial charge >= 0.3 is 0 Å². The van der Waals surface area contributed by atoms with Gasteiger partial charge in [-0.1, -0.05) is 23.7 Å².